The van der Waals surface area contributed by atoms with Crippen molar-refractivity contribution in [3.63, 3.8) is 0 Å². The molecule has 0 aromatic heterocycles. The normalized spacial score (nSPS) is 23.4. The number of amides is 1. The second-order valence-corrected chi connectivity index (χ2v) is 5.90. The van der Waals surface area contributed by atoms with Gasteiger partial charge in [-0.15, -0.1) is 0 Å². The number of hydrogen-bond acceptors (Lipinski definition) is 3. The Bertz CT molecular complexity index is 478. The molecule has 4 nitrogen and oxygen atoms in total. The molecule has 3 N–H and O–H groups in total. The van der Waals surface area contributed by atoms with Gasteiger partial charge in [0.25, 0.3) is 0 Å². The van der Waals surface area contributed by atoms with Crippen LogP contribution in [0.4, 0.5) is 5.69 Å². The molecule has 2 unspecified atom stereocenters. The fraction of sp³-hybridized carbons (Fsp3) is 0.500. The second-order valence-electron chi connectivity index (χ2n) is 5.05. The number of piperazine rings is 1. The van der Waals surface area contributed by atoms with Gasteiger partial charge in [0, 0.05) is 17.1 Å². The van der Waals surface area contributed by atoms with Gasteiger partial charge in [-0.2, -0.15) is 0 Å². The molecule has 2 rings (SSSR count). The Balaban J connectivity index is 2.39. The zero-order valence-electron chi connectivity index (χ0n) is 11.3. The first-order chi connectivity index (χ1) is 9.04. The SMILES string of the molecule is Cc1ccc(N2C(C)CNC(=O)C2CCN)c(Br)c1. The van der Waals surface area contributed by atoms with E-state index in [2.05, 4.69) is 58.2 Å². The predicted octanol–water partition coefficient (Wildman–Crippen LogP) is 1.80. The number of hydrogen-bond donors (Lipinski definition) is 2. The summed E-state index contributed by atoms with van der Waals surface area (Å²) in [7, 11) is 0. The molecule has 1 amide bonds. The zero-order valence-corrected chi connectivity index (χ0v) is 12.9. The third-order valence-corrected chi connectivity index (χ3v) is 4.14. The minimum Gasteiger partial charge on any atom is -0.354 e. The highest BCUT2D eigenvalue weighted by Gasteiger charge is 2.34. The first kappa shape index (κ1) is 14.3. The lowest BCUT2D eigenvalue weighted by molar-refractivity contribution is -0.123. The van der Waals surface area contributed by atoms with Crippen LogP contribution in [0, 0.1) is 6.92 Å². The van der Waals surface area contributed by atoms with Gasteiger partial charge in [0.1, 0.15) is 6.04 Å². The first-order valence-corrected chi connectivity index (χ1v) is 7.36. The number of aryl methyl sites for hydroxylation is 1. The molecule has 1 saturated heterocycles. The molecule has 1 aromatic carbocycles. The number of nitrogens with two attached hydrogens (primary N) is 1. The van der Waals surface area contributed by atoms with Crippen molar-refractivity contribution in [2.75, 3.05) is 18.0 Å². The van der Waals surface area contributed by atoms with Gasteiger partial charge in [0.15, 0.2) is 0 Å². The number of benzene rings is 1. The van der Waals surface area contributed by atoms with Crippen LogP contribution in [0.15, 0.2) is 22.7 Å². The molecule has 0 radical (unpaired) electrons. The monoisotopic (exact) mass is 325 g/mol. The summed E-state index contributed by atoms with van der Waals surface area (Å²) in [6, 6.07) is 6.28. The summed E-state index contributed by atoms with van der Waals surface area (Å²) in [5, 5.41) is 2.95. The maximum absolute atomic E-state index is 12.1. The number of nitrogens with zero attached hydrogens (tertiary/aromatic N) is 1. The lowest BCUT2D eigenvalue weighted by Gasteiger charge is -2.42. The van der Waals surface area contributed by atoms with E-state index >= 15 is 0 Å². The van der Waals surface area contributed by atoms with Crippen LogP contribution in [0.1, 0.15) is 18.9 Å². The molecule has 1 aromatic rings. The molecular weight excluding hydrogens is 306 g/mol. The van der Waals surface area contributed by atoms with Crippen LogP contribution in [0.5, 0.6) is 0 Å². The van der Waals surface area contributed by atoms with Crippen LogP contribution in [-0.2, 0) is 4.79 Å². The molecule has 19 heavy (non-hydrogen) atoms. The lowest BCUT2D eigenvalue weighted by Crippen LogP contribution is -2.60. The Morgan fingerprint density at radius 3 is 2.89 bits per heavy atom. The average Bonchev–Trinajstić information content (AvgIpc) is 2.36. The van der Waals surface area contributed by atoms with Gasteiger partial charge >= 0.3 is 0 Å². The van der Waals surface area contributed by atoms with E-state index in [1.165, 1.54) is 5.56 Å². The van der Waals surface area contributed by atoms with Gasteiger partial charge in [-0.05, 0) is 60.4 Å². The Morgan fingerprint density at radius 1 is 1.53 bits per heavy atom. The van der Waals surface area contributed by atoms with E-state index < -0.39 is 0 Å². The molecule has 0 bridgehead atoms. The number of anilines is 1. The molecule has 0 spiro atoms. The van der Waals surface area contributed by atoms with Crippen LogP contribution in [0.3, 0.4) is 0 Å². The van der Waals surface area contributed by atoms with Gasteiger partial charge in [0.05, 0.1) is 5.69 Å². The van der Waals surface area contributed by atoms with E-state index in [-0.39, 0.29) is 18.0 Å². The van der Waals surface area contributed by atoms with Crippen molar-refractivity contribution in [2.45, 2.75) is 32.4 Å². The summed E-state index contributed by atoms with van der Waals surface area (Å²) >= 11 is 3.60. The van der Waals surface area contributed by atoms with Crippen LogP contribution < -0.4 is 16.0 Å². The van der Waals surface area contributed by atoms with Crippen molar-refractivity contribution in [3.8, 4) is 0 Å². The van der Waals surface area contributed by atoms with Gasteiger partial charge in [0.2, 0.25) is 5.91 Å². The van der Waals surface area contributed by atoms with Gasteiger partial charge < -0.3 is 16.0 Å². The van der Waals surface area contributed by atoms with Gasteiger partial charge in [-0.3, -0.25) is 4.79 Å². The topological polar surface area (TPSA) is 58.4 Å². The Labute approximate surface area is 122 Å². The Kier molecular flexibility index (Phi) is 4.47. The number of carbonyl (C=O) groups is 1. The largest absolute Gasteiger partial charge is 0.354 e. The molecule has 0 saturated carbocycles. The van der Waals surface area contributed by atoms with Crippen LogP contribution in [-0.4, -0.2) is 31.1 Å². The standard InChI is InChI=1S/C14H20BrN3O/c1-9-3-4-12(11(15)7-9)18-10(2)8-17-14(19)13(18)5-6-16/h3-4,7,10,13H,5-6,8,16H2,1-2H3,(H,17,19). The minimum absolute atomic E-state index is 0.0658. The van der Waals surface area contributed by atoms with E-state index in [1.54, 1.807) is 0 Å². The summed E-state index contributed by atoms with van der Waals surface area (Å²) in [5.74, 6) is 0.0658. The van der Waals surface area contributed by atoms with Crippen molar-refractivity contribution in [1.29, 1.82) is 0 Å². The molecule has 0 aliphatic carbocycles. The predicted molar refractivity (Wildman–Crippen MR) is 81.3 cm³/mol. The van der Waals surface area contributed by atoms with E-state index in [0.717, 1.165) is 10.2 Å². The summed E-state index contributed by atoms with van der Waals surface area (Å²) in [6.45, 7) is 5.35. The number of rotatable bonds is 3. The molecule has 1 fully saturated rings. The summed E-state index contributed by atoms with van der Waals surface area (Å²) in [6.07, 6.45) is 0.663. The number of nitrogens with one attached hydrogen (secondary N) is 1. The smallest absolute Gasteiger partial charge is 0.242 e. The highest BCUT2D eigenvalue weighted by Crippen LogP contribution is 2.32. The summed E-state index contributed by atoms with van der Waals surface area (Å²) in [4.78, 5) is 14.2. The third kappa shape index (κ3) is 2.92. The van der Waals surface area contributed by atoms with Crippen molar-refractivity contribution in [2.24, 2.45) is 5.73 Å². The highest BCUT2D eigenvalue weighted by molar-refractivity contribution is 9.10. The quantitative estimate of drug-likeness (QED) is 0.890. The zero-order chi connectivity index (χ0) is 14.0. The lowest BCUT2D eigenvalue weighted by atomic mass is 10.0. The van der Waals surface area contributed by atoms with E-state index in [9.17, 15) is 4.79 Å². The van der Waals surface area contributed by atoms with E-state index in [0.29, 0.717) is 19.5 Å². The average molecular weight is 326 g/mol. The number of halogens is 1. The van der Waals surface area contributed by atoms with Gasteiger partial charge in [-0.25, -0.2) is 0 Å². The summed E-state index contributed by atoms with van der Waals surface area (Å²) in [5.41, 5.74) is 7.91. The molecule has 5 heteroatoms. The Hall–Kier alpha value is -1.07. The van der Waals surface area contributed by atoms with Crippen molar-refractivity contribution in [3.05, 3.63) is 28.2 Å². The van der Waals surface area contributed by atoms with E-state index in [4.69, 9.17) is 5.73 Å². The van der Waals surface area contributed by atoms with Crippen molar-refractivity contribution < 1.29 is 4.79 Å². The van der Waals surface area contributed by atoms with E-state index in [1.807, 2.05) is 0 Å². The summed E-state index contributed by atoms with van der Waals surface area (Å²) < 4.78 is 1.02. The molecule has 2 atom stereocenters. The van der Waals surface area contributed by atoms with Crippen molar-refractivity contribution >= 4 is 27.5 Å². The first-order valence-electron chi connectivity index (χ1n) is 6.57. The van der Waals surface area contributed by atoms with Crippen molar-refractivity contribution in [1.82, 2.24) is 5.32 Å². The highest BCUT2D eigenvalue weighted by atomic mass is 79.9. The minimum atomic E-state index is -0.187. The molecule has 1 aliphatic rings. The van der Waals surface area contributed by atoms with Crippen LogP contribution in [0.2, 0.25) is 0 Å². The second kappa shape index (κ2) is 5.92. The van der Waals surface area contributed by atoms with Crippen LogP contribution in [0.25, 0.3) is 0 Å². The molecule has 1 heterocycles. The molecular formula is C14H20BrN3O. The molecule has 104 valence electrons. The maximum Gasteiger partial charge on any atom is 0.242 e. The van der Waals surface area contributed by atoms with Crippen LogP contribution >= 0.6 is 15.9 Å². The van der Waals surface area contributed by atoms with Gasteiger partial charge in [-0.1, -0.05) is 6.07 Å². The number of carbonyl (C=O) groups excluding carboxylic acids is 1. The fourth-order valence-corrected chi connectivity index (χ4v) is 3.25. The Morgan fingerprint density at radius 2 is 2.26 bits per heavy atom. The third-order valence-electron chi connectivity index (χ3n) is 3.51. The molecule has 1 aliphatic heterocycles. The maximum atomic E-state index is 12.1. The fourth-order valence-electron chi connectivity index (χ4n) is 2.55.